The van der Waals surface area contributed by atoms with E-state index in [9.17, 15) is 4.79 Å². The first-order chi connectivity index (χ1) is 13.3. The van der Waals surface area contributed by atoms with Crippen LogP contribution in [0.15, 0.2) is 12.3 Å². The zero-order valence-corrected chi connectivity index (χ0v) is 16.9. The predicted molar refractivity (Wildman–Crippen MR) is 107 cm³/mol. The van der Waals surface area contributed by atoms with Gasteiger partial charge >= 0.3 is 0 Å². The van der Waals surface area contributed by atoms with Gasteiger partial charge in [-0.05, 0) is 38.8 Å². The Kier molecular flexibility index (Phi) is 5.45. The molecule has 1 amide bonds. The van der Waals surface area contributed by atoms with Crippen LogP contribution >= 0.6 is 0 Å². The van der Waals surface area contributed by atoms with E-state index in [4.69, 9.17) is 5.26 Å². The Morgan fingerprint density at radius 2 is 2.07 bits per heavy atom. The predicted octanol–water partition coefficient (Wildman–Crippen LogP) is 2.06. The molecule has 1 N–H and O–H groups in total. The number of anilines is 2. The summed E-state index contributed by atoms with van der Waals surface area (Å²) < 4.78 is 0. The lowest BCUT2D eigenvalue weighted by Crippen LogP contribution is -2.30. The van der Waals surface area contributed by atoms with Crippen LogP contribution in [0.2, 0.25) is 0 Å². The van der Waals surface area contributed by atoms with E-state index in [0.717, 1.165) is 48.0 Å². The first-order valence-electron chi connectivity index (χ1n) is 9.25. The van der Waals surface area contributed by atoms with Crippen LogP contribution in [0.25, 0.3) is 0 Å². The third-order valence-electron chi connectivity index (χ3n) is 5.00. The first-order valence-corrected chi connectivity index (χ1v) is 9.25. The number of nitrogens with one attached hydrogen (secondary N) is 1. The Morgan fingerprint density at radius 3 is 2.71 bits per heavy atom. The first kappa shape index (κ1) is 19.5. The summed E-state index contributed by atoms with van der Waals surface area (Å²) in [6.45, 7) is 7.43. The van der Waals surface area contributed by atoms with Crippen LogP contribution in [0, 0.1) is 32.1 Å². The SMILES string of the molecule is Cc1cc(C#N)cnc1N[C@@H]1CCN(c2nc(C(=O)N(C)C)nc(C)c2C)C1. The maximum absolute atomic E-state index is 12.3. The van der Waals surface area contributed by atoms with E-state index in [1.54, 1.807) is 20.3 Å². The fourth-order valence-electron chi connectivity index (χ4n) is 3.27. The van der Waals surface area contributed by atoms with Crippen LogP contribution in [-0.4, -0.2) is 59.0 Å². The molecule has 0 spiro atoms. The number of carbonyl (C=O) groups is 1. The summed E-state index contributed by atoms with van der Waals surface area (Å²) in [4.78, 5) is 29.3. The Balaban J connectivity index is 1.78. The molecule has 0 aromatic carbocycles. The van der Waals surface area contributed by atoms with Crippen molar-refractivity contribution in [1.29, 1.82) is 5.26 Å². The van der Waals surface area contributed by atoms with Crippen LogP contribution in [0.5, 0.6) is 0 Å². The molecule has 0 unspecified atom stereocenters. The van der Waals surface area contributed by atoms with Crippen molar-refractivity contribution in [3.05, 3.63) is 40.5 Å². The van der Waals surface area contributed by atoms with Crippen molar-refractivity contribution < 1.29 is 4.79 Å². The molecule has 8 heteroatoms. The van der Waals surface area contributed by atoms with Gasteiger partial charge in [-0.2, -0.15) is 5.26 Å². The highest BCUT2D eigenvalue weighted by Crippen LogP contribution is 2.26. The van der Waals surface area contributed by atoms with Crippen molar-refractivity contribution in [2.75, 3.05) is 37.4 Å². The minimum Gasteiger partial charge on any atom is -0.365 e. The van der Waals surface area contributed by atoms with Crippen molar-refractivity contribution in [1.82, 2.24) is 19.9 Å². The third kappa shape index (κ3) is 3.88. The molecular formula is C20H25N7O. The van der Waals surface area contributed by atoms with Gasteiger partial charge in [0.1, 0.15) is 17.7 Å². The van der Waals surface area contributed by atoms with E-state index >= 15 is 0 Å². The number of rotatable bonds is 4. The fourth-order valence-corrected chi connectivity index (χ4v) is 3.27. The number of nitrogens with zero attached hydrogens (tertiary/aromatic N) is 6. The largest absolute Gasteiger partial charge is 0.365 e. The fraction of sp³-hybridized carbons (Fsp3) is 0.450. The number of nitriles is 1. The lowest BCUT2D eigenvalue weighted by molar-refractivity contribution is 0.0815. The molecule has 1 saturated heterocycles. The van der Waals surface area contributed by atoms with Gasteiger partial charge in [-0.25, -0.2) is 15.0 Å². The van der Waals surface area contributed by atoms with E-state index < -0.39 is 0 Å². The summed E-state index contributed by atoms with van der Waals surface area (Å²) in [6.07, 6.45) is 2.51. The minimum atomic E-state index is -0.198. The molecule has 3 heterocycles. The van der Waals surface area contributed by atoms with Crippen LogP contribution in [0.4, 0.5) is 11.6 Å². The van der Waals surface area contributed by atoms with E-state index in [1.807, 2.05) is 26.8 Å². The summed E-state index contributed by atoms with van der Waals surface area (Å²) in [7, 11) is 3.40. The van der Waals surface area contributed by atoms with Gasteiger partial charge in [0.2, 0.25) is 5.82 Å². The molecule has 1 atom stereocenters. The highest BCUT2D eigenvalue weighted by Gasteiger charge is 2.27. The number of aromatic nitrogens is 3. The molecule has 3 rings (SSSR count). The zero-order valence-electron chi connectivity index (χ0n) is 16.9. The van der Waals surface area contributed by atoms with Gasteiger partial charge in [0, 0.05) is 50.7 Å². The molecule has 0 aliphatic carbocycles. The molecule has 1 aliphatic heterocycles. The summed E-state index contributed by atoms with van der Waals surface area (Å²) in [5.74, 6) is 1.64. The average molecular weight is 379 g/mol. The molecule has 28 heavy (non-hydrogen) atoms. The standard InChI is InChI=1S/C20H25N7O/c1-12-8-15(9-21)10-22-17(12)24-16-6-7-27(11-16)19-13(2)14(3)23-18(25-19)20(28)26(4)5/h8,10,16H,6-7,11H2,1-5H3,(H,22,24)/t16-/m1/s1. The van der Waals surface area contributed by atoms with Crippen molar-refractivity contribution in [3.8, 4) is 6.07 Å². The Bertz CT molecular complexity index is 948. The second kappa shape index (κ2) is 7.80. The van der Waals surface area contributed by atoms with Gasteiger partial charge in [-0.1, -0.05) is 0 Å². The monoisotopic (exact) mass is 379 g/mol. The summed E-state index contributed by atoms with van der Waals surface area (Å²) in [5.41, 5.74) is 3.31. The van der Waals surface area contributed by atoms with Gasteiger partial charge in [0.15, 0.2) is 0 Å². The van der Waals surface area contributed by atoms with Gasteiger partial charge in [0.25, 0.3) is 5.91 Å². The number of hydrogen-bond donors (Lipinski definition) is 1. The molecular weight excluding hydrogens is 354 g/mol. The summed E-state index contributed by atoms with van der Waals surface area (Å²) in [5, 5.41) is 12.5. The third-order valence-corrected chi connectivity index (χ3v) is 5.00. The Morgan fingerprint density at radius 1 is 1.32 bits per heavy atom. The lowest BCUT2D eigenvalue weighted by Gasteiger charge is -2.22. The van der Waals surface area contributed by atoms with Gasteiger partial charge in [-0.15, -0.1) is 0 Å². The number of hydrogen-bond acceptors (Lipinski definition) is 7. The second-order valence-electron chi connectivity index (χ2n) is 7.36. The van der Waals surface area contributed by atoms with Crippen molar-refractivity contribution in [2.45, 2.75) is 33.2 Å². The van der Waals surface area contributed by atoms with E-state index in [-0.39, 0.29) is 17.8 Å². The normalized spacial score (nSPS) is 16.0. The second-order valence-corrected chi connectivity index (χ2v) is 7.36. The molecule has 2 aromatic heterocycles. The zero-order chi connectivity index (χ0) is 20.4. The van der Waals surface area contributed by atoms with E-state index in [1.165, 1.54) is 4.90 Å². The number of pyridine rings is 1. The van der Waals surface area contributed by atoms with Crippen LogP contribution in [0.3, 0.4) is 0 Å². The number of amides is 1. The highest BCUT2D eigenvalue weighted by atomic mass is 16.2. The molecule has 0 saturated carbocycles. The maximum atomic E-state index is 12.3. The number of carbonyl (C=O) groups excluding carboxylic acids is 1. The van der Waals surface area contributed by atoms with Crippen LogP contribution in [-0.2, 0) is 0 Å². The topological polar surface area (TPSA) is 98.0 Å². The minimum absolute atomic E-state index is 0.198. The van der Waals surface area contributed by atoms with Gasteiger partial charge in [-0.3, -0.25) is 4.79 Å². The summed E-state index contributed by atoms with van der Waals surface area (Å²) in [6, 6.07) is 4.15. The van der Waals surface area contributed by atoms with Gasteiger partial charge in [0.05, 0.1) is 5.56 Å². The Hall–Kier alpha value is -3.21. The van der Waals surface area contributed by atoms with E-state index in [2.05, 4.69) is 31.2 Å². The maximum Gasteiger partial charge on any atom is 0.291 e. The molecule has 8 nitrogen and oxygen atoms in total. The molecule has 2 aromatic rings. The van der Waals surface area contributed by atoms with E-state index in [0.29, 0.717) is 5.56 Å². The Labute approximate surface area is 165 Å². The smallest absolute Gasteiger partial charge is 0.291 e. The summed E-state index contributed by atoms with van der Waals surface area (Å²) >= 11 is 0. The molecule has 0 radical (unpaired) electrons. The quantitative estimate of drug-likeness (QED) is 0.868. The molecule has 0 bridgehead atoms. The number of aryl methyl sites for hydroxylation is 2. The van der Waals surface area contributed by atoms with Crippen LogP contribution in [0.1, 0.15) is 39.4 Å². The average Bonchev–Trinajstić information content (AvgIpc) is 3.13. The van der Waals surface area contributed by atoms with Crippen LogP contribution < -0.4 is 10.2 Å². The molecule has 1 fully saturated rings. The molecule has 1 aliphatic rings. The van der Waals surface area contributed by atoms with Crippen molar-refractivity contribution in [2.24, 2.45) is 0 Å². The molecule has 146 valence electrons. The van der Waals surface area contributed by atoms with Gasteiger partial charge < -0.3 is 15.1 Å². The highest BCUT2D eigenvalue weighted by molar-refractivity contribution is 5.90. The lowest BCUT2D eigenvalue weighted by atomic mass is 10.2. The van der Waals surface area contributed by atoms with Crippen molar-refractivity contribution in [3.63, 3.8) is 0 Å². The van der Waals surface area contributed by atoms with Crippen molar-refractivity contribution >= 4 is 17.5 Å².